The van der Waals surface area contributed by atoms with Gasteiger partial charge in [-0.2, -0.15) is 0 Å². The van der Waals surface area contributed by atoms with Gasteiger partial charge >= 0.3 is 5.97 Å². The Bertz CT molecular complexity index is 830. The van der Waals surface area contributed by atoms with E-state index in [0.29, 0.717) is 30.3 Å². The minimum atomic E-state index is -0.337. The molecule has 1 aromatic heterocycles. The predicted octanol–water partition coefficient (Wildman–Crippen LogP) is 2.47. The van der Waals surface area contributed by atoms with E-state index in [1.54, 1.807) is 19.1 Å². The lowest BCUT2D eigenvalue weighted by atomic mass is 10.1. The third-order valence-electron chi connectivity index (χ3n) is 4.14. The molecule has 1 amide bonds. The highest BCUT2D eigenvalue weighted by Gasteiger charge is 2.33. The van der Waals surface area contributed by atoms with Crippen LogP contribution in [0.3, 0.4) is 0 Å². The zero-order valence-corrected chi connectivity index (χ0v) is 15.2. The number of ether oxygens (including phenoxy) is 3. The first-order valence-electron chi connectivity index (χ1n) is 7.32. The van der Waals surface area contributed by atoms with Gasteiger partial charge in [-0.3, -0.25) is 9.59 Å². The zero-order valence-electron chi connectivity index (χ0n) is 13.6. The summed E-state index contributed by atoms with van der Waals surface area (Å²) in [7, 11) is 4.46. The van der Waals surface area contributed by atoms with Crippen molar-refractivity contribution < 1.29 is 23.8 Å². The third-order valence-corrected chi connectivity index (χ3v) is 4.89. The Kier molecular flexibility index (Phi) is 4.40. The van der Waals surface area contributed by atoms with Gasteiger partial charge in [0.1, 0.15) is 5.69 Å². The first kappa shape index (κ1) is 16.6. The van der Waals surface area contributed by atoms with Crippen LogP contribution in [0.1, 0.15) is 22.5 Å². The van der Waals surface area contributed by atoms with Gasteiger partial charge < -0.3 is 24.1 Å². The number of aromatic nitrogens is 1. The van der Waals surface area contributed by atoms with E-state index in [2.05, 4.69) is 25.7 Å². The van der Waals surface area contributed by atoms with E-state index in [0.717, 1.165) is 20.9 Å². The Morgan fingerprint density at radius 1 is 1.33 bits per heavy atom. The highest BCUT2D eigenvalue weighted by molar-refractivity contribution is 9.10. The summed E-state index contributed by atoms with van der Waals surface area (Å²) in [5, 5.41) is 0.886. The van der Waals surface area contributed by atoms with Gasteiger partial charge in [0.15, 0.2) is 11.5 Å². The summed E-state index contributed by atoms with van der Waals surface area (Å²) in [5.41, 5.74) is 2.21. The van der Waals surface area contributed by atoms with Gasteiger partial charge in [-0.15, -0.1) is 0 Å². The van der Waals surface area contributed by atoms with Crippen molar-refractivity contribution in [1.29, 1.82) is 0 Å². The van der Waals surface area contributed by atoms with Crippen LogP contribution in [-0.4, -0.2) is 49.6 Å². The number of H-pyrrole nitrogens is 1. The van der Waals surface area contributed by atoms with E-state index in [1.807, 2.05) is 6.07 Å². The Labute approximate surface area is 147 Å². The number of rotatable bonds is 5. The van der Waals surface area contributed by atoms with Crippen molar-refractivity contribution in [1.82, 2.24) is 9.88 Å². The van der Waals surface area contributed by atoms with E-state index >= 15 is 0 Å². The van der Waals surface area contributed by atoms with Gasteiger partial charge in [0, 0.05) is 30.1 Å². The number of carbonyl (C=O) groups excluding carboxylic acids is 2. The molecular weight excluding hydrogens is 380 g/mol. The van der Waals surface area contributed by atoms with Crippen LogP contribution in [0.4, 0.5) is 0 Å². The summed E-state index contributed by atoms with van der Waals surface area (Å²) in [4.78, 5) is 28.6. The largest absolute Gasteiger partial charge is 0.493 e. The first-order chi connectivity index (χ1) is 11.5. The summed E-state index contributed by atoms with van der Waals surface area (Å²) >= 11 is 3.55. The Morgan fingerprint density at radius 2 is 2.08 bits per heavy atom. The van der Waals surface area contributed by atoms with E-state index in [1.165, 1.54) is 7.11 Å². The van der Waals surface area contributed by atoms with Crippen molar-refractivity contribution in [2.45, 2.75) is 13.0 Å². The smallest absolute Gasteiger partial charge is 0.307 e. The van der Waals surface area contributed by atoms with Crippen molar-refractivity contribution in [2.75, 3.05) is 27.9 Å². The monoisotopic (exact) mass is 396 g/mol. The average Bonchev–Trinajstić information content (AvgIpc) is 3.09. The number of nitrogens with zero attached hydrogens (tertiary/aromatic N) is 1. The highest BCUT2D eigenvalue weighted by Crippen LogP contribution is 2.44. The van der Waals surface area contributed by atoms with E-state index in [4.69, 9.17) is 9.47 Å². The molecule has 0 fully saturated rings. The summed E-state index contributed by atoms with van der Waals surface area (Å²) < 4.78 is 16.1. The molecule has 2 heterocycles. The second-order valence-electron chi connectivity index (χ2n) is 5.38. The number of benzene rings is 1. The number of fused-ring (bicyclic) bond motifs is 3. The molecule has 1 N–H and O–H groups in total. The van der Waals surface area contributed by atoms with Crippen LogP contribution in [0.25, 0.3) is 10.9 Å². The topological polar surface area (TPSA) is 80.9 Å². The second kappa shape index (κ2) is 6.35. The number of hydrogen-bond acceptors (Lipinski definition) is 5. The Hall–Kier alpha value is -2.22. The lowest BCUT2D eigenvalue weighted by Gasteiger charge is -2.16. The predicted molar refractivity (Wildman–Crippen MR) is 90.5 cm³/mol. The van der Waals surface area contributed by atoms with Crippen LogP contribution in [-0.2, 0) is 16.1 Å². The number of halogens is 1. The van der Waals surface area contributed by atoms with Crippen LogP contribution in [0.5, 0.6) is 11.5 Å². The molecule has 1 aromatic carbocycles. The third kappa shape index (κ3) is 2.50. The summed E-state index contributed by atoms with van der Waals surface area (Å²) in [6.45, 7) is 0.750. The second-order valence-corrected chi connectivity index (χ2v) is 6.17. The number of aromatic amines is 1. The normalized spacial score (nSPS) is 13.3. The molecule has 0 radical (unpaired) electrons. The first-order valence-corrected chi connectivity index (χ1v) is 8.12. The lowest BCUT2D eigenvalue weighted by molar-refractivity contribution is -0.140. The molecule has 1 aliphatic heterocycles. The SMILES string of the molecule is COC(=O)CCN1Cc2c([nH]c3cc(OC)c(OC)c(Br)c23)C1=O. The number of nitrogens with one attached hydrogen (secondary N) is 1. The van der Waals surface area contributed by atoms with Crippen LogP contribution < -0.4 is 9.47 Å². The van der Waals surface area contributed by atoms with Gasteiger partial charge in [0.25, 0.3) is 5.91 Å². The van der Waals surface area contributed by atoms with Crippen molar-refractivity contribution in [3.05, 3.63) is 21.8 Å². The number of esters is 1. The van der Waals surface area contributed by atoms with Crippen molar-refractivity contribution in [3.8, 4) is 11.5 Å². The molecular formula is C16H17BrN2O5. The molecule has 8 heteroatoms. The molecule has 7 nitrogen and oxygen atoms in total. The molecule has 0 aliphatic carbocycles. The zero-order chi connectivity index (χ0) is 17.4. The minimum Gasteiger partial charge on any atom is -0.493 e. The fraction of sp³-hybridized carbons (Fsp3) is 0.375. The molecule has 0 saturated carbocycles. The fourth-order valence-electron chi connectivity index (χ4n) is 2.95. The highest BCUT2D eigenvalue weighted by atomic mass is 79.9. The van der Waals surface area contributed by atoms with E-state index in [9.17, 15) is 9.59 Å². The van der Waals surface area contributed by atoms with Crippen molar-refractivity contribution in [3.63, 3.8) is 0 Å². The van der Waals surface area contributed by atoms with Gasteiger partial charge in [-0.25, -0.2) is 0 Å². The molecule has 0 spiro atoms. The molecule has 0 saturated heterocycles. The van der Waals surface area contributed by atoms with Crippen LogP contribution >= 0.6 is 15.9 Å². The van der Waals surface area contributed by atoms with Crippen LogP contribution in [0, 0.1) is 0 Å². The maximum Gasteiger partial charge on any atom is 0.307 e. The van der Waals surface area contributed by atoms with E-state index < -0.39 is 0 Å². The Morgan fingerprint density at radius 3 is 2.71 bits per heavy atom. The number of hydrogen-bond donors (Lipinski definition) is 1. The minimum absolute atomic E-state index is 0.130. The maximum absolute atomic E-state index is 12.6. The lowest BCUT2D eigenvalue weighted by Crippen LogP contribution is -2.27. The van der Waals surface area contributed by atoms with Crippen LogP contribution in [0.15, 0.2) is 10.5 Å². The molecule has 0 unspecified atom stereocenters. The Balaban J connectivity index is 2.00. The molecule has 3 rings (SSSR count). The molecule has 2 aromatic rings. The number of carbonyl (C=O) groups is 2. The quantitative estimate of drug-likeness (QED) is 0.785. The molecule has 128 valence electrons. The summed E-state index contributed by atoms with van der Waals surface area (Å²) in [5.74, 6) is 0.685. The van der Waals surface area contributed by atoms with Gasteiger partial charge in [0.05, 0.1) is 37.7 Å². The van der Waals surface area contributed by atoms with Crippen molar-refractivity contribution >= 4 is 38.7 Å². The molecule has 0 bridgehead atoms. The average molecular weight is 397 g/mol. The molecule has 24 heavy (non-hydrogen) atoms. The fourth-order valence-corrected chi connectivity index (χ4v) is 3.76. The number of methoxy groups -OCH3 is 3. The summed E-state index contributed by atoms with van der Waals surface area (Å²) in [6.07, 6.45) is 0.169. The molecule has 0 atom stereocenters. The standard InChI is InChI=1S/C16H17BrN2O5/c1-22-10-6-9-12(13(17)15(10)24-3)8-7-19(5-4-11(20)23-2)16(21)14(8)18-9/h6,18H,4-5,7H2,1-3H3. The van der Waals surface area contributed by atoms with Gasteiger partial charge in [-0.1, -0.05) is 0 Å². The van der Waals surface area contributed by atoms with Gasteiger partial charge in [0.2, 0.25) is 0 Å². The van der Waals surface area contributed by atoms with Crippen LogP contribution in [0.2, 0.25) is 0 Å². The maximum atomic E-state index is 12.6. The van der Waals surface area contributed by atoms with Crippen molar-refractivity contribution in [2.24, 2.45) is 0 Å². The molecule has 1 aliphatic rings. The van der Waals surface area contributed by atoms with Gasteiger partial charge in [-0.05, 0) is 15.9 Å². The van der Waals surface area contributed by atoms with E-state index in [-0.39, 0.29) is 18.3 Å². The summed E-state index contributed by atoms with van der Waals surface area (Å²) in [6, 6.07) is 1.81. The number of amides is 1.